The molecule has 120 valence electrons. The molecule has 2 aromatic carbocycles. The van der Waals surface area contributed by atoms with Crippen molar-refractivity contribution >= 4 is 33.4 Å². The first-order valence-corrected chi connectivity index (χ1v) is 8.13. The molecule has 0 aromatic heterocycles. The summed E-state index contributed by atoms with van der Waals surface area (Å²) in [4.78, 5) is 23.8. The maximum absolute atomic E-state index is 12.3. The number of carbonyl (C=O) groups excluding carboxylic acids is 2. The van der Waals surface area contributed by atoms with Gasteiger partial charge in [0.1, 0.15) is 0 Å². The van der Waals surface area contributed by atoms with Gasteiger partial charge in [-0.05, 0) is 36.2 Å². The third-order valence-corrected chi connectivity index (χ3v) is 3.92. The van der Waals surface area contributed by atoms with E-state index in [4.69, 9.17) is 0 Å². The molecule has 5 heteroatoms. The van der Waals surface area contributed by atoms with Gasteiger partial charge in [-0.15, -0.1) is 0 Å². The van der Waals surface area contributed by atoms with Crippen molar-refractivity contribution in [2.24, 2.45) is 0 Å². The highest BCUT2D eigenvalue weighted by molar-refractivity contribution is 9.10. The molecule has 0 bridgehead atoms. The van der Waals surface area contributed by atoms with Gasteiger partial charge in [0.2, 0.25) is 11.8 Å². The second-order valence-corrected chi connectivity index (χ2v) is 6.29. The Kier molecular flexibility index (Phi) is 5.93. The van der Waals surface area contributed by atoms with Crippen LogP contribution in [0.15, 0.2) is 53.0 Å². The van der Waals surface area contributed by atoms with Crippen LogP contribution in [-0.4, -0.2) is 11.8 Å². The molecule has 0 fully saturated rings. The number of rotatable bonds is 5. The molecule has 1 atom stereocenters. The molecule has 23 heavy (non-hydrogen) atoms. The lowest BCUT2D eigenvalue weighted by Gasteiger charge is -2.18. The Labute approximate surface area is 144 Å². The number of amides is 2. The van der Waals surface area contributed by atoms with Crippen LogP contribution in [0.1, 0.15) is 30.5 Å². The van der Waals surface area contributed by atoms with E-state index in [1.807, 2.05) is 55.5 Å². The number of anilines is 1. The topological polar surface area (TPSA) is 58.2 Å². The van der Waals surface area contributed by atoms with Gasteiger partial charge in [-0.3, -0.25) is 9.59 Å². The van der Waals surface area contributed by atoms with Gasteiger partial charge in [0.05, 0.1) is 12.5 Å². The van der Waals surface area contributed by atoms with Crippen LogP contribution in [0.2, 0.25) is 0 Å². The molecule has 0 aliphatic heterocycles. The largest absolute Gasteiger partial charge is 0.349 e. The third kappa shape index (κ3) is 5.21. The fourth-order valence-electron chi connectivity index (χ4n) is 2.34. The highest BCUT2D eigenvalue weighted by Gasteiger charge is 2.17. The molecule has 0 aliphatic carbocycles. The van der Waals surface area contributed by atoms with Gasteiger partial charge < -0.3 is 10.6 Å². The summed E-state index contributed by atoms with van der Waals surface area (Å²) in [5.74, 6) is -0.301. The maximum atomic E-state index is 12.3. The average Bonchev–Trinajstić information content (AvgIpc) is 2.50. The van der Waals surface area contributed by atoms with E-state index in [0.29, 0.717) is 0 Å². The predicted molar refractivity (Wildman–Crippen MR) is 95.1 cm³/mol. The molecule has 0 aliphatic rings. The Morgan fingerprint density at radius 1 is 1.13 bits per heavy atom. The van der Waals surface area contributed by atoms with Crippen LogP contribution in [0.5, 0.6) is 0 Å². The Balaban J connectivity index is 2.09. The number of hydrogen-bond acceptors (Lipinski definition) is 2. The van der Waals surface area contributed by atoms with Gasteiger partial charge in [0, 0.05) is 17.1 Å². The van der Waals surface area contributed by atoms with Crippen molar-refractivity contribution in [3.05, 3.63) is 64.1 Å². The molecule has 0 radical (unpaired) electrons. The lowest BCUT2D eigenvalue weighted by Crippen LogP contribution is -2.29. The van der Waals surface area contributed by atoms with Gasteiger partial charge in [-0.1, -0.05) is 46.3 Å². The summed E-state index contributed by atoms with van der Waals surface area (Å²) < 4.78 is 0.966. The minimum atomic E-state index is -0.343. The molecule has 2 N–H and O–H groups in total. The van der Waals surface area contributed by atoms with Crippen molar-refractivity contribution in [3.8, 4) is 0 Å². The van der Waals surface area contributed by atoms with Crippen molar-refractivity contribution in [1.29, 1.82) is 0 Å². The number of hydrogen-bond donors (Lipinski definition) is 2. The average molecular weight is 375 g/mol. The summed E-state index contributed by atoms with van der Waals surface area (Å²) in [6.45, 7) is 3.38. The summed E-state index contributed by atoms with van der Waals surface area (Å²) in [6, 6.07) is 14.8. The number of carbonyl (C=O) groups is 2. The summed E-state index contributed by atoms with van der Waals surface area (Å²) >= 11 is 3.40. The lowest BCUT2D eigenvalue weighted by molar-refractivity contribution is -0.120. The van der Waals surface area contributed by atoms with Crippen molar-refractivity contribution in [3.63, 3.8) is 0 Å². The summed E-state index contributed by atoms with van der Waals surface area (Å²) in [5.41, 5.74) is 2.65. The SMILES string of the molecule is CC(=O)N[C@@H](CC(=O)Nc1ccc(Br)cc1C)c1ccccc1. The van der Waals surface area contributed by atoms with Gasteiger partial charge >= 0.3 is 0 Å². The number of benzene rings is 2. The Morgan fingerprint density at radius 3 is 2.43 bits per heavy atom. The first-order chi connectivity index (χ1) is 11.0. The van der Waals surface area contributed by atoms with E-state index >= 15 is 0 Å². The van der Waals surface area contributed by atoms with Gasteiger partial charge in [0.25, 0.3) is 0 Å². The lowest BCUT2D eigenvalue weighted by atomic mass is 10.0. The number of aryl methyl sites for hydroxylation is 1. The molecule has 2 amide bonds. The Bertz CT molecular complexity index is 701. The van der Waals surface area contributed by atoms with Gasteiger partial charge in [-0.25, -0.2) is 0 Å². The summed E-state index contributed by atoms with van der Waals surface area (Å²) in [6.07, 6.45) is 0.180. The Hall–Kier alpha value is -2.14. The number of nitrogens with one attached hydrogen (secondary N) is 2. The molecule has 2 aromatic rings. The second-order valence-electron chi connectivity index (χ2n) is 5.38. The van der Waals surface area contributed by atoms with E-state index in [1.54, 1.807) is 0 Å². The molecular weight excluding hydrogens is 356 g/mol. The van der Waals surface area contributed by atoms with E-state index in [2.05, 4.69) is 26.6 Å². The van der Waals surface area contributed by atoms with E-state index in [1.165, 1.54) is 6.92 Å². The number of halogens is 1. The molecule has 0 saturated carbocycles. The maximum Gasteiger partial charge on any atom is 0.226 e. The van der Waals surface area contributed by atoms with Crippen LogP contribution in [0.4, 0.5) is 5.69 Å². The minimum absolute atomic E-state index is 0.141. The monoisotopic (exact) mass is 374 g/mol. The first kappa shape index (κ1) is 17.2. The van der Waals surface area contributed by atoms with E-state index < -0.39 is 0 Å². The Morgan fingerprint density at radius 2 is 1.83 bits per heavy atom. The van der Waals surface area contributed by atoms with Crippen molar-refractivity contribution in [1.82, 2.24) is 5.32 Å². The second kappa shape index (κ2) is 7.92. The van der Waals surface area contributed by atoms with Crippen LogP contribution in [0.3, 0.4) is 0 Å². The minimum Gasteiger partial charge on any atom is -0.349 e. The van der Waals surface area contributed by atoms with Crippen LogP contribution in [0, 0.1) is 6.92 Å². The first-order valence-electron chi connectivity index (χ1n) is 7.34. The van der Waals surface area contributed by atoms with Crippen LogP contribution in [0.25, 0.3) is 0 Å². The van der Waals surface area contributed by atoms with Gasteiger partial charge in [-0.2, -0.15) is 0 Å². The predicted octanol–water partition coefficient (Wildman–Crippen LogP) is 3.96. The standard InChI is InChI=1S/C18H19BrN2O2/c1-12-10-15(19)8-9-16(12)21-18(23)11-17(20-13(2)22)14-6-4-3-5-7-14/h3-10,17H,11H2,1-2H3,(H,20,22)(H,21,23)/t17-/m0/s1. The normalized spacial score (nSPS) is 11.6. The van der Waals surface area contributed by atoms with Crippen molar-refractivity contribution in [2.75, 3.05) is 5.32 Å². The van der Waals surface area contributed by atoms with Crippen molar-refractivity contribution < 1.29 is 9.59 Å². The van der Waals surface area contributed by atoms with Gasteiger partial charge in [0.15, 0.2) is 0 Å². The van der Waals surface area contributed by atoms with E-state index in [9.17, 15) is 9.59 Å². The smallest absolute Gasteiger partial charge is 0.226 e. The molecular formula is C18H19BrN2O2. The molecule has 2 rings (SSSR count). The summed E-state index contributed by atoms with van der Waals surface area (Å²) in [5, 5.41) is 5.73. The van der Waals surface area contributed by atoms with Crippen LogP contribution in [-0.2, 0) is 9.59 Å². The third-order valence-electron chi connectivity index (χ3n) is 3.43. The fourth-order valence-corrected chi connectivity index (χ4v) is 2.81. The molecule has 0 heterocycles. The molecule has 4 nitrogen and oxygen atoms in total. The molecule has 0 spiro atoms. The van der Waals surface area contributed by atoms with Crippen LogP contribution < -0.4 is 10.6 Å². The highest BCUT2D eigenvalue weighted by Crippen LogP contribution is 2.22. The zero-order valence-corrected chi connectivity index (χ0v) is 14.7. The van der Waals surface area contributed by atoms with Crippen molar-refractivity contribution in [2.45, 2.75) is 26.3 Å². The zero-order valence-electron chi connectivity index (χ0n) is 13.1. The molecule has 0 unspecified atom stereocenters. The zero-order chi connectivity index (χ0) is 16.8. The van der Waals surface area contributed by atoms with E-state index in [0.717, 1.165) is 21.3 Å². The quantitative estimate of drug-likeness (QED) is 0.831. The molecule has 0 saturated heterocycles. The highest BCUT2D eigenvalue weighted by atomic mass is 79.9. The summed E-state index contributed by atoms with van der Waals surface area (Å²) in [7, 11) is 0. The fraction of sp³-hybridized carbons (Fsp3) is 0.222. The van der Waals surface area contributed by atoms with E-state index in [-0.39, 0.29) is 24.3 Å². The van der Waals surface area contributed by atoms with Crippen LogP contribution >= 0.6 is 15.9 Å².